The molecule has 7 nitrogen and oxygen atoms in total. The second-order valence-corrected chi connectivity index (χ2v) is 6.31. The highest BCUT2D eigenvalue weighted by atomic mass is 19.1. The molecule has 2 heterocycles. The number of carboxylic acid groups (broad SMARTS) is 1. The second-order valence-electron chi connectivity index (χ2n) is 6.31. The van der Waals surface area contributed by atoms with Crippen LogP contribution in [0.4, 0.5) is 14.9 Å². The van der Waals surface area contributed by atoms with Crippen molar-refractivity contribution < 1.29 is 28.6 Å². The van der Waals surface area contributed by atoms with E-state index in [1.165, 1.54) is 24.0 Å². The van der Waals surface area contributed by atoms with Gasteiger partial charge in [0.05, 0.1) is 11.7 Å². The monoisotopic (exact) mass is 374 g/mol. The molecule has 27 heavy (non-hydrogen) atoms. The van der Waals surface area contributed by atoms with Crippen LogP contribution in [0, 0.1) is 5.82 Å². The fraction of sp³-hybridized carbons (Fsp3) is 0.316. The molecule has 1 aromatic carbocycles. The van der Waals surface area contributed by atoms with E-state index in [9.17, 15) is 19.1 Å². The maximum Gasteiger partial charge on any atom is 0.412 e. The molecule has 1 atom stereocenters. The van der Waals surface area contributed by atoms with Gasteiger partial charge in [0.15, 0.2) is 0 Å². The number of nitrogens with zero attached hydrogens (tertiary/aromatic N) is 2. The number of aromatic nitrogens is 1. The summed E-state index contributed by atoms with van der Waals surface area (Å²) in [5.41, 5.74) is 2.29. The van der Waals surface area contributed by atoms with E-state index in [-0.39, 0.29) is 31.0 Å². The van der Waals surface area contributed by atoms with E-state index in [0.717, 1.165) is 5.56 Å². The number of benzene rings is 1. The Morgan fingerprint density at radius 1 is 1.37 bits per heavy atom. The van der Waals surface area contributed by atoms with Gasteiger partial charge in [-0.25, -0.2) is 14.2 Å². The third-order valence-electron chi connectivity index (χ3n) is 4.22. The molecule has 1 aromatic heterocycles. The van der Waals surface area contributed by atoms with Crippen LogP contribution >= 0.6 is 0 Å². The number of rotatable bonds is 4. The molecule has 1 amide bonds. The van der Waals surface area contributed by atoms with Crippen molar-refractivity contribution in [3.8, 4) is 5.88 Å². The van der Waals surface area contributed by atoms with Crippen LogP contribution in [-0.4, -0.2) is 34.8 Å². The van der Waals surface area contributed by atoms with Crippen LogP contribution in [0.15, 0.2) is 30.3 Å². The number of amides is 1. The highest BCUT2D eigenvalue weighted by Gasteiger charge is 2.31. The molecular formula is C19H19FN2O5. The van der Waals surface area contributed by atoms with Gasteiger partial charge >= 0.3 is 12.1 Å². The molecule has 0 saturated heterocycles. The van der Waals surface area contributed by atoms with E-state index in [2.05, 4.69) is 4.98 Å². The van der Waals surface area contributed by atoms with Gasteiger partial charge < -0.3 is 14.6 Å². The Morgan fingerprint density at radius 3 is 2.70 bits per heavy atom. The maximum absolute atomic E-state index is 13.2. The van der Waals surface area contributed by atoms with Gasteiger partial charge in [-0.15, -0.1) is 0 Å². The molecule has 0 spiro atoms. The van der Waals surface area contributed by atoms with E-state index in [1.54, 1.807) is 25.1 Å². The Hall–Kier alpha value is -3.16. The summed E-state index contributed by atoms with van der Waals surface area (Å²) < 4.78 is 23.8. The Balaban J connectivity index is 2.03. The van der Waals surface area contributed by atoms with Crippen LogP contribution in [-0.2, 0) is 22.6 Å². The van der Waals surface area contributed by atoms with Crippen molar-refractivity contribution >= 4 is 17.7 Å². The van der Waals surface area contributed by atoms with Crippen molar-refractivity contribution in [2.75, 3.05) is 11.5 Å². The first-order valence-electron chi connectivity index (χ1n) is 8.40. The summed E-state index contributed by atoms with van der Waals surface area (Å²) in [6, 6.07) is 7.28. The van der Waals surface area contributed by atoms with Crippen molar-refractivity contribution in [1.82, 2.24) is 4.98 Å². The summed E-state index contributed by atoms with van der Waals surface area (Å²) in [6.07, 6.45) is -0.728. The summed E-state index contributed by atoms with van der Waals surface area (Å²) >= 11 is 0. The third-order valence-corrected chi connectivity index (χ3v) is 4.22. The van der Waals surface area contributed by atoms with Gasteiger partial charge in [0, 0.05) is 6.92 Å². The van der Waals surface area contributed by atoms with Crippen LogP contribution in [0.2, 0.25) is 0 Å². The largest absolute Gasteiger partial charge is 0.474 e. The van der Waals surface area contributed by atoms with Crippen LogP contribution in [0.5, 0.6) is 5.88 Å². The zero-order valence-electron chi connectivity index (χ0n) is 14.9. The fourth-order valence-corrected chi connectivity index (χ4v) is 2.91. The van der Waals surface area contributed by atoms with E-state index in [4.69, 9.17) is 9.47 Å². The topological polar surface area (TPSA) is 89.0 Å². The smallest absolute Gasteiger partial charge is 0.412 e. The first-order valence-corrected chi connectivity index (χ1v) is 8.40. The van der Waals surface area contributed by atoms with Gasteiger partial charge in [-0.3, -0.25) is 9.69 Å². The average Bonchev–Trinajstić information content (AvgIpc) is 2.61. The van der Waals surface area contributed by atoms with E-state index < -0.39 is 12.1 Å². The molecule has 0 aliphatic carbocycles. The Bertz CT molecular complexity index is 869. The van der Waals surface area contributed by atoms with E-state index >= 15 is 0 Å². The zero-order chi connectivity index (χ0) is 19.6. The summed E-state index contributed by atoms with van der Waals surface area (Å²) in [5, 5.41) is 9.54. The first kappa shape index (κ1) is 18.6. The number of fused-ring (bicyclic) bond motifs is 1. The predicted octanol–water partition coefficient (Wildman–Crippen LogP) is 3.14. The van der Waals surface area contributed by atoms with E-state index in [1.807, 2.05) is 0 Å². The number of carbonyl (C=O) groups is 2. The molecule has 0 bridgehead atoms. The van der Waals surface area contributed by atoms with Gasteiger partial charge in [0.1, 0.15) is 24.7 Å². The number of hydrogen-bond donors (Lipinski definition) is 1. The normalized spacial score (nSPS) is 15.7. The Morgan fingerprint density at radius 2 is 2.07 bits per heavy atom. The first-order chi connectivity index (χ1) is 12.8. The molecule has 0 saturated carbocycles. The molecule has 1 aliphatic rings. The number of hydrogen-bond acceptors (Lipinski definition) is 5. The van der Waals surface area contributed by atoms with Crippen molar-refractivity contribution in [2.24, 2.45) is 0 Å². The quantitative estimate of drug-likeness (QED) is 0.827. The van der Waals surface area contributed by atoms with E-state index in [0.29, 0.717) is 23.4 Å². The maximum atomic E-state index is 13.2. The molecule has 1 aliphatic heterocycles. The minimum Gasteiger partial charge on any atom is -0.474 e. The lowest BCUT2D eigenvalue weighted by atomic mass is 10.0. The molecular weight excluding hydrogens is 355 g/mol. The van der Waals surface area contributed by atoms with Crippen molar-refractivity contribution in [3.63, 3.8) is 0 Å². The van der Waals surface area contributed by atoms with Gasteiger partial charge in [0.25, 0.3) is 0 Å². The molecule has 1 N–H and O–H groups in total. The van der Waals surface area contributed by atoms with Crippen LogP contribution in [0.1, 0.15) is 30.7 Å². The number of halogens is 1. The number of anilines is 1. The lowest BCUT2D eigenvalue weighted by molar-refractivity contribution is -0.142. The van der Waals surface area contributed by atoms with Crippen LogP contribution < -0.4 is 9.64 Å². The SMILES string of the molecule is CC(=O)OCc1nc2c(cc1Cc1ccc(F)cc1)N(C(=O)O)[C@@H](C)CO2. The lowest BCUT2D eigenvalue weighted by Gasteiger charge is -2.32. The molecule has 142 valence electrons. The zero-order valence-corrected chi connectivity index (χ0v) is 14.9. The van der Waals surface area contributed by atoms with Crippen LogP contribution in [0.25, 0.3) is 0 Å². The molecule has 0 fully saturated rings. The number of esters is 1. The van der Waals surface area contributed by atoms with Gasteiger partial charge in [-0.2, -0.15) is 0 Å². The lowest BCUT2D eigenvalue weighted by Crippen LogP contribution is -2.44. The average molecular weight is 374 g/mol. The molecule has 0 radical (unpaired) electrons. The van der Waals surface area contributed by atoms with Gasteiger partial charge in [-0.1, -0.05) is 12.1 Å². The van der Waals surface area contributed by atoms with Crippen molar-refractivity contribution in [3.05, 3.63) is 53.0 Å². The highest BCUT2D eigenvalue weighted by Crippen LogP contribution is 2.35. The number of carbonyl (C=O) groups excluding carboxylic acids is 1. The second kappa shape index (κ2) is 7.61. The number of ether oxygens (including phenoxy) is 2. The Labute approximate surface area is 155 Å². The van der Waals surface area contributed by atoms with Crippen LogP contribution in [0.3, 0.4) is 0 Å². The molecule has 0 unspecified atom stereocenters. The standard InChI is InChI=1S/C19H19FN2O5/c1-11-9-27-18-17(22(11)19(24)25)8-14(16(21-18)10-26-12(2)23)7-13-3-5-15(20)6-4-13/h3-6,8,11H,7,9-10H2,1-2H3,(H,24,25)/t11-/m0/s1. The summed E-state index contributed by atoms with van der Waals surface area (Å²) in [6.45, 7) is 3.15. The fourth-order valence-electron chi connectivity index (χ4n) is 2.91. The third kappa shape index (κ3) is 4.16. The molecule has 2 aromatic rings. The minimum atomic E-state index is -1.10. The summed E-state index contributed by atoms with van der Waals surface area (Å²) in [5.74, 6) is -0.619. The minimum absolute atomic E-state index is 0.0644. The van der Waals surface area contributed by atoms with Gasteiger partial charge in [-0.05, 0) is 42.7 Å². The Kier molecular flexibility index (Phi) is 5.25. The highest BCUT2D eigenvalue weighted by molar-refractivity contribution is 5.89. The molecule has 8 heteroatoms. The summed E-state index contributed by atoms with van der Waals surface area (Å²) in [4.78, 5) is 28.4. The molecule has 3 rings (SSSR count). The predicted molar refractivity (Wildman–Crippen MR) is 94.4 cm³/mol. The number of pyridine rings is 1. The van der Waals surface area contributed by atoms with Crippen molar-refractivity contribution in [1.29, 1.82) is 0 Å². The summed E-state index contributed by atoms with van der Waals surface area (Å²) in [7, 11) is 0. The van der Waals surface area contributed by atoms with Crippen molar-refractivity contribution in [2.45, 2.75) is 32.9 Å². The van der Waals surface area contributed by atoms with Gasteiger partial charge in [0.2, 0.25) is 5.88 Å².